The third-order valence-electron chi connectivity index (χ3n) is 5.86. The monoisotopic (exact) mass is 320 g/mol. The molecule has 0 amide bonds. The van der Waals surface area contributed by atoms with Gasteiger partial charge in [0.25, 0.3) is 0 Å². The normalized spacial score (nSPS) is 28.9. The van der Waals surface area contributed by atoms with Gasteiger partial charge in [-0.1, -0.05) is 62.4 Å². The van der Waals surface area contributed by atoms with Crippen LogP contribution in [0.25, 0.3) is 0 Å². The van der Waals surface area contributed by atoms with Gasteiger partial charge in [0, 0.05) is 12.1 Å². The topological polar surface area (TPSA) is 24.1 Å². The van der Waals surface area contributed by atoms with Crippen molar-refractivity contribution >= 4 is 0 Å². The number of hydrogen-bond acceptors (Lipinski definition) is 2. The molecule has 0 saturated heterocycles. The van der Waals surface area contributed by atoms with E-state index in [0.717, 1.165) is 12.8 Å². The lowest BCUT2D eigenvalue weighted by Crippen LogP contribution is -2.49. The molecule has 2 aromatic carbocycles. The molecular weight excluding hydrogens is 292 g/mol. The van der Waals surface area contributed by atoms with Crippen LogP contribution in [0.2, 0.25) is 0 Å². The Labute approximate surface area is 145 Å². The Morgan fingerprint density at radius 2 is 1.12 bits per heavy atom. The first kappa shape index (κ1) is 15.9. The molecule has 2 nitrogen and oxygen atoms in total. The summed E-state index contributed by atoms with van der Waals surface area (Å²) in [6.45, 7) is 4.58. The van der Waals surface area contributed by atoms with Gasteiger partial charge in [0.15, 0.2) is 0 Å². The van der Waals surface area contributed by atoms with Gasteiger partial charge in [-0.2, -0.15) is 0 Å². The maximum Gasteiger partial charge on any atom is 0.0523 e. The van der Waals surface area contributed by atoms with E-state index in [1.165, 1.54) is 35.1 Å². The lowest BCUT2D eigenvalue weighted by molar-refractivity contribution is 0.279. The molecule has 0 radical (unpaired) electrons. The Morgan fingerprint density at radius 1 is 0.708 bits per heavy atom. The molecule has 2 aliphatic rings. The van der Waals surface area contributed by atoms with E-state index >= 15 is 0 Å². The molecule has 0 saturated carbocycles. The Kier molecular flexibility index (Phi) is 4.43. The lowest BCUT2D eigenvalue weighted by Gasteiger charge is -2.42. The van der Waals surface area contributed by atoms with Gasteiger partial charge in [0.05, 0.1) is 12.1 Å². The molecule has 0 spiro atoms. The van der Waals surface area contributed by atoms with Gasteiger partial charge in [-0.3, -0.25) is 0 Å². The van der Waals surface area contributed by atoms with Crippen LogP contribution in [-0.2, 0) is 12.8 Å². The fourth-order valence-electron chi connectivity index (χ4n) is 4.46. The molecule has 2 N–H and O–H groups in total. The molecule has 4 unspecified atom stereocenters. The van der Waals surface area contributed by atoms with Gasteiger partial charge in [-0.05, 0) is 47.9 Å². The van der Waals surface area contributed by atoms with E-state index in [9.17, 15) is 0 Å². The van der Waals surface area contributed by atoms with E-state index in [-0.39, 0.29) is 0 Å². The number of rotatable bonds is 3. The van der Waals surface area contributed by atoms with Gasteiger partial charge in [-0.25, -0.2) is 0 Å². The van der Waals surface area contributed by atoms with Crippen molar-refractivity contribution in [2.24, 2.45) is 0 Å². The summed E-state index contributed by atoms with van der Waals surface area (Å²) in [6.07, 6.45) is 4.65. The largest absolute Gasteiger partial charge is 0.305 e. The average molecular weight is 320 g/mol. The molecule has 4 rings (SSSR count). The summed E-state index contributed by atoms with van der Waals surface area (Å²) >= 11 is 0. The molecule has 2 aliphatic heterocycles. The lowest BCUT2D eigenvalue weighted by atomic mass is 9.79. The quantitative estimate of drug-likeness (QED) is 0.880. The summed E-state index contributed by atoms with van der Waals surface area (Å²) in [6, 6.07) is 19.9. The number of fused-ring (bicyclic) bond motifs is 2. The van der Waals surface area contributed by atoms with Gasteiger partial charge in [0.2, 0.25) is 0 Å². The first-order valence-corrected chi connectivity index (χ1v) is 9.47. The first-order chi connectivity index (χ1) is 11.8. The van der Waals surface area contributed by atoms with E-state index in [2.05, 4.69) is 73.0 Å². The summed E-state index contributed by atoms with van der Waals surface area (Å²) in [5.41, 5.74) is 5.99. The van der Waals surface area contributed by atoms with Crippen LogP contribution in [0.1, 0.15) is 61.0 Å². The fourth-order valence-corrected chi connectivity index (χ4v) is 4.46. The van der Waals surface area contributed by atoms with Gasteiger partial charge < -0.3 is 10.6 Å². The minimum absolute atomic E-state index is 0.357. The summed E-state index contributed by atoms with van der Waals surface area (Å²) < 4.78 is 0. The zero-order valence-electron chi connectivity index (χ0n) is 14.8. The summed E-state index contributed by atoms with van der Waals surface area (Å²) in [7, 11) is 0. The Bertz CT molecular complexity index is 647. The minimum atomic E-state index is 0.357. The Morgan fingerprint density at radius 3 is 1.54 bits per heavy atom. The van der Waals surface area contributed by atoms with Crippen LogP contribution in [-0.4, -0.2) is 12.1 Å². The highest BCUT2D eigenvalue weighted by Crippen LogP contribution is 2.39. The molecule has 126 valence electrons. The van der Waals surface area contributed by atoms with Crippen molar-refractivity contribution in [2.75, 3.05) is 0 Å². The van der Waals surface area contributed by atoms with Crippen LogP contribution in [0.3, 0.4) is 0 Å². The van der Waals surface area contributed by atoms with Crippen LogP contribution in [0.4, 0.5) is 0 Å². The zero-order valence-corrected chi connectivity index (χ0v) is 14.8. The van der Waals surface area contributed by atoms with Crippen molar-refractivity contribution in [3.63, 3.8) is 0 Å². The van der Waals surface area contributed by atoms with Crippen LogP contribution >= 0.6 is 0 Å². The van der Waals surface area contributed by atoms with Crippen molar-refractivity contribution < 1.29 is 0 Å². The van der Waals surface area contributed by atoms with E-state index < -0.39 is 0 Å². The van der Waals surface area contributed by atoms with Crippen LogP contribution in [0.15, 0.2) is 48.5 Å². The smallest absolute Gasteiger partial charge is 0.0523 e. The van der Waals surface area contributed by atoms with E-state index in [0.29, 0.717) is 24.2 Å². The molecule has 0 fully saturated rings. The average Bonchev–Trinajstić information content (AvgIpc) is 2.66. The fraction of sp³-hybridized carbons (Fsp3) is 0.455. The molecule has 24 heavy (non-hydrogen) atoms. The van der Waals surface area contributed by atoms with Gasteiger partial charge in [-0.15, -0.1) is 0 Å². The van der Waals surface area contributed by atoms with Crippen molar-refractivity contribution in [2.45, 2.75) is 63.7 Å². The van der Waals surface area contributed by atoms with Gasteiger partial charge >= 0.3 is 0 Å². The number of nitrogens with one attached hydrogen (secondary N) is 2. The van der Waals surface area contributed by atoms with E-state index in [1.807, 2.05) is 0 Å². The predicted octanol–water partition coefficient (Wildman–Crippen LogP) is 4.32. The summed E-state index contributed by atoms with van der Waals surface area (Å²) in [4.78, 5) is 0. The van der Waals surface area contributed by atoms with Crippen LogP contribution in [0, 0.1) is 0 Å². The summed E-state index contributed by atoms with van der Waals surface area (Å²) in [5, 5.41) is 7.90. The first-order valence-electron chi connectivity index (χ1n) is 9.47. The van der Waals surface area contributed by atoms with Gasteiger partial charge in [0.1, 0.15) is 0 Å². The highest BCUT2D eigenvalue weighted by atomic mass is 15.1. The Balaban J connectivity index is 1.77. The third-order valence-corrected chi connectivity index (χ3v) is 5.86. The number of benzene rings is 2. The molecule has 2 aromatic rings. The standard InChI is InChI=1S/C22H28N2/c1-3-17-13-15-9-5-7-11-19(15)21(23-17)22-20-12-8-6-10-16(20)14-18(4-2)24-22/h5-12,17-18,21-24H,3-4,13-14H2,1-2H3. The van der Waals surface area contributed by atoms with Crippen molar-refractivity contribution in [3.05, 3.63) is 70.8 Å². The van der Waals surface area contributed by atoms with Crippen molar-refractivity contribution in [1.82, 2.24) is 10.6 Å². The third kappa shape index (κ3) is 2.78. The SMILES string of the molecule is CCC1Cc2ccccc2C(C2NC(CC)Cc3ccccc32)N1. The highest BCUT2D eigenvalue weighted by Gasteiger charge is 2.36. The second-order valence-electron chi connectivity index (χ2n) is 7.30. The predicted molar refractivity (Wildman–Crippen MR) is 100 cm³/mol. The number of hydrogen-bond donors (Lipinski definition) is 2. The summed E-state index contributed by atoms with van der Waals surface area (Å²) in [5.74, 6) is 0. The molecule has 0 aromatic heterocycles. The molecule has 2 heteroatoms. The Hall–Kier alpha value is -1.64. The molecule has 0 bridgehead atoms. The van der Waals surface area contributed by atoms with Crippen LogP contribution < -0.4 is 10.6 Å². The second-order valence-corrected chi connectivity index (χ2v) is 7.30. The minimum Gasteiger partial charge on any atom is -0.305 e. The maximum absolute atomic E-state index is 3.95. The van der Waals surface area contributed by atoms with Crippen LogP contribution in [0.5, 0.6) is 0 Å². The highest BCUT2D eigenvalue weighted by molar-refractivity contribution is 5.40. The maximum atomic E-state index is 3.95. The zero-order chi connectivity index (χ0) is 16.5. The molecule has 2 heterocycles. The second kappa shape index (κ2) is 6.70. The molecule has 0 aliphatic carbocycles. The van der Waals surface area contributed by atoms with E-state index in [1.54, 1.807) is 0 Å². The molecule has 4 atom stereocenters. The van der Waals surface area contributed by atoms with Crippen molar-refractivity contribution in [3.8, 4) is 0 Å². The van der Waals surface area contributed by atoms with Crippen molar-refractivity contribution in [1.29, 1.82) is 0 Å². The van der Waals surface area contributed by atoms with E-state index in [4.69, 9.17) is 0 Å². The molecular formula is C22H28N2.